The van der Waals surface area contributed by atoms with Gasteiger partial charge in [-0.3, -0.25) is 9.59 Å². The number of halogens is 5. The average Bonchev–Trinajstić information content (AvgIpc) is 3.19. The number of anilines is 1. The van der Waals surface area contributed by atoms with Gasteiger partial charge in [0.25, 0.3) is 5.91 Å². The van der Waals surface area contributed by atoms with Gasteiger partial charge in [0, 0.05) is 24.2 Å². The van der Waals surface area contributed by atoms with E-state index < -0.39 is 29.5 Å². The molecule has 3 aromatic heterocycles. The number of pyridine rings is 1. The number of aromatic nitrogens is 4. The van der Waals surface area contributed by atoms with Crippen molar-refractivity contribution in [3.8, 4) is 11.3 Å². The molecule has 0 spiro atoms. The number of benzene rings is 1. The molecule has 0 radical (unpaired) electrons. The van der Waals surface area contributed by atoms with Crippen molar-refractivity contribution in [1.29, 1.82) is 0 Å². The van der Waals surface area contributed by atoms with Crippen molar-refractivity contribution in [1.82, 2.24) is 24.9 Å². The average molecular weight is 521 g/mol. The Morgan fingerprint density at radius 3 is 2.58 bits per heavy atom. The first-order chi connectivity index (χ1) is 16.9. The summed E-state index contributed by atoms with van der Waals surface area (Å²) in [6, 6.07) is 5.53. The number of fused-ring (bicyclic) bond motifs is 1. The Bertz CT molecular complexity index is 1490. The van der Waals surface area contributed by atoms with Crippen LogP contribution >= 0.6 is 11.6 Å². The highest BCUT2D eigenvalue weighted by atomic mass is 35.5. The van der Waals surface area contributed by atoms with E-state index in [1.54, 1.807) is 12.1 Å². The zero-order chi connectivity index (χ0) is 26.2. The highest BCUT2D eigenvalue weighted by Gasteiger charge is 2.32. The van der Waals surface area contributed by atoms with Crippen molar-refractivity contribution in [2.24, 2.45) is 0 Å². The molecule has 1 unspecified atom stereocenters. The van der Waals surface area contributed by atoms with Crippen LogP contribution in [0.15, 0.2) is 48.8 Å². The van der Waals surface area contributed by atoms with E-state index in [1.165, 1.54) is 36.8 Å². The second-order valence-corrected chi connectivity index (χ2v) is 8.18. The summed E-state index contributed by atoms with van der Waals surface area (Å²) in [6.45, 7) is 2.69. The van der Waals surface area contributed by atoms with E-state index in [0.29, 0.717) is 40.9 Å². The topological polar surface area (TPSA) is 101 Å². The molecule has 0 aliphatic carbocycles. The maximum Gasteiger partial charge on any atom is 0.416 e. The number of hydrogen-bond donors (Lipinski definition) is 2. The number of carbonyl (C=O) groups excluding carboxylic acids is 2. The molecule has 0 fully saturated rings. The molecule has 0 aliphatic rings. The first-order valence-electron chi connectivity index (χ1n) is 10.4. The Labute approximate surface area is 206 Å². The third-order valence-electron chi connectivity index (χ3n) is 5.14. The van der Waals surface area contributed by atoms with Crippen LogP contribution < -0.4 is 10.6 Å². The molecule has 1 atom stereocenters. The summed E-state index contributed by atoms with van der Waals surface area (Å²) >= 11 is 6.10. The summed E-state index contributed by atoms with van der Waals surface area (Å²) in [6.07, 6.45) is -1.78. The lowest BCUT2D eigenvalue weighted by Gasteiger charge is -2.17. The molecule has 1 aromatic carbocycles. The van der Waals surface area contributed by atoms with Crippen LogP contribution in [0.4, 0.5) is 23.4 Å². The van der Waals surface area contributed by atoms with E-state index in [4.69, 9.17) is 11.6 Å². The fraction of sp³-hybridized carbons (Fsp3) is 0.174. The van der Waals surface area contributed by atoms with Crippen LogP contribution in [0.25, 0.3) is 16.9 Å². The Morgan fingerprint density at radius 2 is 1.89 bits per heavy atom. The molecule has 4 rings (SSSR count). The number of carbonyl (C=O) groups is 2. The van der Waals surface area contributed by atoms with E-state index in [0.717, 1.165) is 0 Å². The lowest BCUT2D eigenvalue weighted by Crippen LogP contribution is -2.28. The highest BCUT2D eigenvalue weighted by Crippen LogP contribution is 2.32. The predicted molar refractivity (Wildman–Crippen MR) is 123 cm³/mol. The van der Waals surface area contributed by atoms with Crippen LogP contribution in [-0.4, -0.2) is 31.4 Å². The van der Waals surface area contributed by atoms with Crippen molar-refractivity contribution in [3.05, 3.63) is 76.5 Å². The lowest BCUT2D eigenvalue weighted by atomic mass is 10.0. The van der Waals surface area contributed by atoms with Gasteiger partial charge in [0.15, 0.2) is 11.5 Å². The summed E-state index contributed by atoms with van der Waals surface area (Å²) in [5.41, 5.74) is -0.201. The number of nitrogens with zero attached hydrogens (tertiary/aromatic N) is 4. The van der Waals surface area contributed by atoms with E-state index in [1.807, 2.05) is 0 Å². The van der Waals surface area contributed by atoms with E-state index in [9.17, 15) is 27.2 Å². The quantitative estimate of drug-likeness (QED) is 0.283. The van der Waals surface area contributed by atoms with Gasteiger partial charge >= 0.3 is 6.18 Å². The van der Waals surface area contributed by atoms with E-state index in [2.05, 4.69) is 25.7 Å². The van der Waals surface area contributed by atoms with Gasteiger partial charge in [0.05, 0.1) is 29.1 Å². The monoisotopic (exact) mass is 520 g/mol. The summed E-state index contributed by atoms with van der Waals surface area (Å²) in [5, 5.41) is 9.23. The van der Waals surface area contributed by atoms with Gasteiger partial charge in [0.1, 0.15) is 11.0 Å². The second-order valence-electron chi connectivity index (χ2n) is 7.82. The molecule has 36 heavy (non-hydrogen) atoms. The molecule has 0 saturated carbocycles. The maximum absolute atomic E-state index is 14.2. The minimum Gasteiger partial charge on any atom is -0.345 e. The van der Waals surface area contributed by atoms with Gasteiger partial charge in [-0.25, -0.2) is 18.9 Å². The summed E-state index contributed by atoms with van der Waals surface area (Å²) in [4.78, 5) is 32.3. The van der Waals surface area contributed by atoms with Crippen LogP contribution in [0.1, 0.15) is 41.4 Å². The molecule has 0 aliphatic heterocycles. The molecule has 2 N–H and O–H groups in total. The molecule has 4 aromatic rings. The summed E-state index contributed by atoms with van der Waals surface area (Å²) < 4.78 is 54.8. The number of alkyl halides is 3. The summed E-state index contributed by atoms with van der Waals surface area (Å²) in [7, 11) is 0. The van der Waals surface area contributed by atoms with Gasteiger partial charge < -0.3 is 10.6 Å². The molecule has 0 bridgehead atoms. The van der Waals surface area contributed by atoms with Gasteiger partial charge in [-0.15, -0.1) is 0 Å². The van der Waals surface area contributed by atoms with Crippen LogP contribution in [-0.2, 0) is 11.0 Å². The summed E-state index contributed by atoms with van der Waals surface area (Å²) in [5.74, 6) is -1.66. The van der Waals surface area contributed by atoms with Crippen molar-refractivity contribution >= 4 is 34.9 Å². The second kappa shape index (κ2) is 9.53. The van der Waals surface area contributed by atoms with Gasteiger partial charge in [-0.2, -0.15) is 18.3 Å². The number of hydrogen-bond acceptors (Lipinski definition) is 5. The Balaban J connectivity index is 1.60. The van der Waals surface area contributed by atoms with Gasteiger partial charge in [-0.05, 0) is 43.3 Å². The normalized spacial score (nSPS) is 12.4. The Morgan fingerprint density at radius 1 is 1.14 bits per heavy atom. The lowest BCUT2D eigenvalue weighted by molar-refractivity contribution is -0.137. The molecule has 2 amide bonds. The molecule has 0 saturated heterocycles. The van der Waals surface area contributed by atoms with Crippen LogP contribution in [0, 0.1) is 5.82 Å². The standard InChI is InChI=1S/C23H17ClF4N6O2/c1-11(15-8-14(23(26,27)28)3-4-17(15)25)30-22(36)16-7-13(9-29-21(16)24)18-5-6-20-32-19(31-12(2)35)10-34(20)33-18/h3-11H,1-2H3,(H,30,36)(H,31,35). The zero-order valence-electron chi connectivity index (χ0n) is 18.7. The van der Waals surface area contributed by atoms with Crippen molar-refractivity contribution in [2.45, 2.75) is 26.1 Å². The van der Waals surface area contributed by atoms with Crippen LogP contribution in [0.5, 0.6) is 0 Å². The molecule has 8 nitrogen and oxygen atoms in total. The smallest absolute Gasteiger partial charge is 0.345 e. The molecule has 3 heterocycles. The number of nitrogens with one attached hydrogen (secondary N) is 2. The van der Waals surface area contributed by atoms with Crippen molar-refractivity contribution in [2.75, 3.05) is 5.32 Å². The molecule has 186 valence electrons. The minimum atomic E-state index is -4.67. The van der Waals surface area contributed by atoms with Crippen molar-refractivity contribution in [3.63, 3.8) is 0 Å². The van der Waals surface area contributed by atoms with E-state index in [-0.39, 0.29) is 22.2 Å². The third-order valence-corrected chi connectivity index (χ3v) is 5.44. The minimum absolute atomic E-state index is 0.0835. The van der Waals surface area contributed by atoms with Crippen molar-refractivity contribution < 1.29 is 27.2 Å². The fourth-order valence-corrected chi connectivity index (χ4v) is 3.62. The molecular weight excluding hydrogens is 504 g/mol. The third kappa shape index (κ3) is 5.28. The number of amides is 2. The fourth-order valence-electron chi connectivity index (χ4n) is 3.43. The zero-order valence-corrected chi connectivity index (χ0v) is 19.4. The Kier molecular flexibility index (Phi) is 6.63. The maximum atomic E-state index is 14.2. The largest absolute Gasteiger partial charge is 0.416 e. The van der Waals surface area contributed by atoms with Gasteiger partial charge in [0.2, 0.25) is 5.91 Å². The SMILES string of the molecule is CC(=O)Nc1cn2nc(-c3cnc(Cl)c(C(=O)NC(C)c4cc(C(F)(F)F)ccc4F)c3)ccc2n1. The van der Waals surface area contributed by atoms with Crippen LogP contribution in [0.2, 0.25) is 5.15 Å². The first-order valence-corrected chi connectivity index (χ1v) is 10.8. The molecular formula is C23H17ClF4N6O2. The predicted octanol–water partition coefficient (Wildman–Crippen LogP) is 5.05. The first kappa shape index (κ1) is 25.0. The molecule has 13 heteroatoms. The Hall–Kier alpha value is -4.06. The number of rotatable bonds is 5. The van der Waals surface area contributed by atoms with E-state index >= 15 is 0 Å². The number of imidazole rings is 1. The van der Waals surface area contributed by atoms with Gasteiger partial charge in [-0.1, -0.05) is 11.6 Å². The van der Waals surface area contributed by atoms with Crippen LogP contribution in [0.3, 0.4) is 0 Å². The highest BCUT2D eigenvalue weighted by molar-refractivity contribution is 6.32.